The molecule has 0 aliphatic carbocycles. The molecule has 6 aromatic rings. The first-order valence-corrected chi connectivity index (χ1v) is 12.0. The summed E-state index contributed by atoms with van der Waals surface area (Å²) in [5.41, 5.74) is 3.52. The van der Waals surface area contributed by atoms with Crippen molar-refractivity contribution in [3.05, 3.63) is 131 Å². The van der Waals surface area contributed by atoms with Crippen LogP contribution in [0, 0.1) is 0 Å². The normalized spacial score (nSPS) is 11.1. The molecule has 0 radical (unpaired) electrons. The highest BCUT2D eigenvalue weighted by Gasteiger charge is 2.15. The van der Waals surface area contributed by atoms with Gasteiger partial charge >= 0.3 is 0 Å². The van der Waals surface area contributed by atoms with Gasteiger partial charge in [-0.25, -0.2) is 9.97 Å². The van der Waals surface area contributed by atoms with Crippen LogP contribution in [0.25, 0.3) is 27.6 Å². The van der Waals surface area contributed by atoms with E-state index in [0.717, 1.165) is 16.3 Å². The van der Waals surface area contributed by atoms with Crippen LogP contribution in [0.4, 0.5) is 5.69 Å². The number of aromatic hydroxyl groups is 1. The zero-order chi connectivity index (χ0) is 26.1. The molecule has 3 aromatic carbocycles. The molecule has 8 nitrogen and oxygen atoms in total. The molecule has 0 atom stereocenters. The zero-order valence-electron chi connectivity index (χ0n) is 20.1. The number of phenolic OH excluding ortho intramolecular Hbond substituents is 1. The maximum Gasteiger partial charge on any atom is 0.278 e. The number of hydrogen-bond acceptors (Lipinski definition) is 6. The number of amides is 1. The lowest BCUT2D eigenvalue weighted by Crippen LogP contribution is -2.25. The second-order valence-electron chi connectivity index (χ2n) is 8.83. The number of fused-ring (bicyclic) bond motifs is 2. The number of hydrogen-bond donors (Lipinski definition) is 2. The standard InChI is InChI=1S/C30H21N5O3/c36-25-11-10-20-15-22(9-8-21(20)16-25)29(37)33-23-5-1-6-24(17-23)35-28-26(7-3-13-32-28)34-27(30(35)38)14-19-4-2-12-31-18-19/h1-13,15-18,36H,14H2,(H,33,37). The topological polar surface area (TPSA) is 110 Å². The molecule has 0 aliphatic rings. The minimum absolute atomic E-state index is 0.170. The lowest BCUT2D eigenvalue weighted by atomic mass is 10.1. The number of carbonyl (C=O) groups excluding carboxylic acids is 1. The van der Waals surface area contributed by atoms with E-state index in [2.05, 4.69) is 20.3 Å². The number of aromatic nitrogens is 4. The number of nitrogens with zero attached hydrogens (tertiary/aromatic N) is 4. The van der Waals surface area contributed by atoms with E-state index in [1.54, 1.807) is 85.3 Å². The fourth-order valence-electron chi connectivity index (χ4n) is 4.42. The Bertz CT molecular complexity index is 1880. The Labute approximate surface area is 216 Å². The first kappa shape index (κ1) is 23.1. The Balaban J connectivity index is 1.37. The van der Waals surface area contributed by atoms with Crippen LogP contribution in [-0.2, 0) is 6.42 Å². The van der Waals surface area contributed by atoms with E-state index < -0.39 is 0 Å². The minimum Gasteiger partial charge on any atom is -0.508 e. The number of anilines is 1. The molecule has 3 heterocycles. The molecule has 38 heavy (non-hydrogen) atoms. The van der Waals surface area contributed by atoms with Gasteiger partial charge in [0.05, 0.1) is 5.69 Å². The van der Waals surface area contributed by atoms with Gasteiger partial charge in [-0.3, -0.25) is 19.1 Å². The monoisotopic (exact) mass is 499 g/mol. The van der Waals surface area contributed by atoms with Crippen molar-refractivity contribution in [1.29, 1.82) is 0 Å². The lowest BCUT2D eigenvalue weighted by Gasteiger charge is -2.13. The highest BCUT2D eigenvalue weighted by Crippen LogP contribution is 2.23. The Kier molecular flexibility index (Phi) is 5.82. The molecule has 0 aliphatic heterocycles. The summed E-state index contributed by atoms with van der Waals surface area (Å²) in [5.74, 6) is -0.122. The maximum absolute atomic E-state index is 13.6. The van der Waals surface area contributed by atoms with E-state index in [0.29, 0.717) is 40.2 Å². The number of rotatable bonds is 5. The van der Waals surface area contributed by atoms with Crippen LogP contribution < -0.4 is 10.9 Å². The van der Waals surface area contributed by atoms with Crippen molar-refractivity contribution < 1.29 is 9.90 Å². The van der Waals surface area contributed by atoms with E-state index in [4.69, 9.17) is 0 Å². The molecule has 3 aromatic heterocycles. The average molecular weight is 500 g/mol. The van der Waals surface area contributed by atoms with E-state index in [1.165, 1.54) is 4.57 Å². The maximum atomic E-state index is 13.6. The first-order valence-electron chi connectivity index (χ1n) is 12.0. The van der Waals surface area contributed by atoms with Gasteiger partial charge in [0.15, 0.2) is 5.65 Å². The Morgan fingerprint density at radius 3 is 2.61 bits per heavy atom. The summed E-state index contributed by atoms with van der Waals surface area (Å²) in [6.45, 7) is 0. The summed E-state index contributed by atoms with van der Waals surface area (Å²) in [7, 11) is 0. The molecule has 0 spiro atoms. The number of carbonyl (C=O) groups is 1. The second-order valence-corrected chi connectivity index (χ2v) is 8.83. The van der Waals surface area contributed by atoms with Gasteiger partial charge < -0.3 is 10.4 Å². The van der Waals surface area contributed by atoms with Gasteiger partial charge in [-0.2, -0.15) is 0 Å². The Morgan fingerprint density at radius 1 is 0.895 bits per heavy atom. The van der Waals surface area contributed by atoms with Crippen molar-refractivity contribution >= 4 is 33.5 Å². The molecule has 0 saturated carbocycles. The SMILES string of the molecule is O=C(Nc1cccc(-n2c(=O)c(Cc3cccnc3)nc3cccnc32)c1)c1ccc2cc(O)ccc2c1. The molecule has 2 N–H and O–H groups in total. The molecule has 0 bridgehead atoms. The van der Waals surface area contributed by atoms with Gasteiger partial charge in [0.2, 0.25) is 0 Å². The van der Waals surface area contributed by atoms with Crippen molar-refractivity contribution in [1.82, 2.24) is 19.5 Å². The van der Waals surface area contributed by atoms with Gasteiger partial charge in [-0.15, -0.1) is 0 Å². The summed E-state index contributed by atoms with van der Waals surface area (Å²) >= 11 is 0. The summed E-state index contributed by atoms with van der Waals surface area (Å²) in [6.07, 6.45) is 5.34. The predicted octanol–water partition coefficient (Wildman–Crippen LogP) is 4.88. The van der Waals surface area contributed by atoms with Crippen LogP contribution in [-0.4, -0.2) is 30.5 Å². The van der Waals surface area contributed by atoms with Crippen LogP contribution in [0.5, 0.6) is 5.75 Å². The van der Waals surface area contributed by atoms with Crippen molar-refractivity contribution in [2.24, 2.45) is 0 Å². The van der Waals surface area contributed by atoms with E-state index in [-0.39, 0.29) is 17.2 Å². The molecule has 0 saturated heterocycles. The summed E-state index contributed by atoms with van der Waals surface area (Å²) in [6, 6.07) is 24.6. The van der Waals surface area contributed by atoms with Crippen LogP contribution in [0.15, 0.2) is 108 Å². The lowest BCUT2D eigenvalue weighted by molar-refractivity contribution is 0.102. The van der Waals surface area contributed by atoms with Crippen LogP contribution in [0.2, 0.25) is 0 Å². The number of pyridine rings is 2. The summed E-state index contributed by atoms with van der Waals surface area (Å²) in [5, 5.41) is 14.3. The molecule has 6 rings (SSSR count). The van der Waals surface area contributed by atoms with Crippen molar-refractivity contribution in [3.63, 3.8) is 0 Å². The summed E-state index contributed by atoms with van der Waals surface area (Å²) < 4.78 is 1.52. The highest BCUT2D eigenvalue weighted by atomic mass is 16.3. The van der Waals surface area contributed by atoms with Crippen LogP contribution in [0.3, 0.4) is 0 Å². The van der Waals surface area contributed by atoms with E-state index in [9.17, 15) is 14.7 Å². The molecular weight excluding hydrogens is 478 g/mol. The third-order valence-corrected chi connectivity index (χ3v) is 6.23. The Hall–Kier alpha value is -5.37. The quantitative estimate of drug-likeness (QED) is 0.350. The first-order chi connectivity index (χ1) is 18.5. The van der Waals surface area contributed by atoms with Gasteiger partial charge in [0.25, 0.3) is 11.5 Å². The second kappa shape index (κ2) is 9.59. The van der Waals surface area contributed by atoms with Gasteiger partial charge in [0, 0.05) is 36.3 Å². The van der Waals surface area contributed by atoms with E-state index >= 15 is 0 Å². The number of phenols is 1. The van der Waals surface area contributed by atoms with Gasteiger partial charge in [-0.1, -0.05) is 24.3 Å². The smallest absolute Gasteiger partial charge is 0.278 e. The van der Waals surface area contributed by atoms with Crippen molar-refractivity contribution in [3.8, 4) is 11.4 Å². The molecule has 0 unspecified atom stereocenters. The van der Waals surface area contributed by atoms with Crippen LogP contribution >= 0.6 is 0 Å². The molecule has 8 heteroatoms. The third kappa shape index (κ3) is 4.46. The number of nitrogens with one attached hydrogen (secondary N) is 1. The summed E-state index contributed by atoms with van der Waals surface area (Å²) in [4.78, 5) is 39.8. The van der Waals surface area contributed by atoms with Crippen molar-refractivity contribution in [2.45, 2.75) is 6.42 Å². The van der Waals surface area contributed by atoms with Gasteiger partial charge in [0.1, 0.15) is 17.0 Å². The Morgan fingerprint density at radius 2 is 1.74 bits per heavy atom. The largest absolute Gasteiger partial charge is 0.508 e. The fourth-order valence-corrected chi connectivity index (χ4v) is 4.42. The number of benzene rings is 3. The zero-order valence-corrected chi connectivity index (χ0v) is 20.1. The van der Waals surface area contributed by atoms with Crippen LogP contribution in [0.1, 0.15) is 21.6 Å². The predicted molar refractivity (Wildman–Crippen MR) is 146 cm³/mol. The molecular formula is C30H21N5O3. The minimum atomic E-state index is -0.292. The third-order valence-electron chi connectivity index (χ3n) is 6.23. The molecule has 0 fully saturated rings. The fraction of sp³-hybridized carbons (Fsp3) is 0.0333. The van der Waals surface area contributed by atoms with E-state index in [1.807, 2.05) is 18.2 Å². The molecule has 1 amide bonds. The average Bonchev–Trinajstić information content (AvgIpc) is 2.94. The highest BCUT2D eigenvalue weighted by molar-refractivity contribution is 6.06. The molecule has 184 valence electrons. The van der Waals surface area contributed by atoms with Crippen molar-refractivity contribution in [2.75, 3.05) is 5.32 Å². The van der Waals surface area contributed by atoms with Gasteiger partial charge in [-0.05, 0) is 77.0 Å².